The standard InChI is InChI=1S/C11H15N3O2/c1-2-3-14-7-8(6-12-14)4-9-5-10(15)13-11(9)16/h6-7,9H,2-5H2,1H3,(H,13,15,16). The number of hydrogen-bond acceptors (Lipinski definition) is 3. The topological polar surface area (TPSA) is 64.0 Å². The molecule has 5 heteroatoms. The van der Waals surface area contributed by atoms with Gasteiger partial charge in [-0.15, -0.1) is 0 Å². The molecule has 1 aromatic rings. The first-order chi connectivity index (χ1) is 7.69. The van der Waals surface area contributed by atoms with Crippen LogP contribution in [0.15, 0.2) is 12.4 Å². The molecule has 1 aliphatic heterocycles. The maximum atomic E-state index is 11.4. The lowest BCUT2D eigenvalue weighted by atomic mass is 10.0. The van der Waals surface area contributed by atoms with E-state index in [1.165, 1.54) is 0 Å². The Morgan fingerprint density at radius 3 is 3.00 bits per heavy atom. The molecule has 1 aromatic heterocycles. The van der Waals surface area contributed by atoms with Crippen LogP contribution in [-0.2, 0) is 22.6 Å². The number of nitrogens with zero attached hydrogens (tertiary/aromatic N) is 2. The first-order valence-corrected chi connectivity index (χ1v) is 5.54. The zero-order valence-electron chi connectivity index (χ0n) is 9.27. The number of imide groups is 1. The molecule has 86 valence electrons. The molecule has 1 fully saturated rings. The van der Waals surface area contributed by atoms with Crippen molar-refractivity contribution in [2.24, 2.45) is 5.92 Å². The lowest BCUT2D eigenvalue weighted by Gasteiger charge is -2.02. The number of aromatic nitrogens is 2. The molecule has 0 bridgehead atoms. The highest BCUT2D eigenvalue weighted by atomic mass is 16.2. The molecular weight excluding hydrogens is 206 g/mol. The van der Waals surface area contributed by atoms with Crippen molar-refractivity contribution >= 4 is 11.8 Å². The summed E-state index contributed by atoms with van der Waals surface area (Å²) in [5.41, 5.74) is 1.02. The molecule has 0 spiro atoms. The molecule has 1 aliphatic rings. The minimum absolute atomic E-state index is 0.159. The van der Waals surface area contributed by atoms with Gasteiger partial charge in [0.2, 0.25) is 11.8 Å². The Balaban J connectivity index is 1.98. The molecule has 0 saturated carbocycles. The van der Waals surface area contributed by atoms with E-state index in [1.54, 1.807) is 6.20 Å². The van der Waals surface area contributed by atoms with Crippen molar-refractivity contribution in [2.75, 3.05) is 0 Å². The lowest BCUT2D eigenvalue weighted by Crippen LogP contribution is -2.22. The predicted molar refractivity (Wildman–Crippen MR) is 57.5 cm³/mol. The van der Waals surface area contributed by atoms with Gasteiger partial charge < -0.3 is 0 Å². The first-order valence-electron chi connectivity index (χ1n) is 5.54. The first kappa shape index (κ1) is 10.9. The molecular formula is C11H15N3O2. The second kappa shape index (κ2) is 4.47. The van der Waals surface area contributed by atoms with Gasteiger partial charge in [0.05, 0.1) is 12.1 Å². The van der Waals surface area contributed by atoms with Crippen LogP contribution in [0.25, 0.3) is 0 Å². The molecule has 1 N–H and O–H groups in total. The van der Waals surface area contributed by atoms with Crippen molar-refractivity contribution in [3.8, 4) is 0 Å². The summed E-state index contributed by atoms with van der Waals surface area (Å²) in [5.74, 6) is -0.545. The average molecular weight is 221 g/mol. The van der Waals surface area contributed by atoms with Crippen LogP contribution in [-0.4, -0.2) is 21.6 Å². The Bertz CT molecular complexity index is 411. The highest BCUT2D eigenvalue weighted by Gasteiger charge is 2.30. The fourth-order valence-electron chi connectivity index (χ4n) is 1.92. The van der Waals surface area contributed by atoms with Gasteiger partial charge in [-0.25, -0.2) is 0 Å². The van der Waals surface area contributed by atoms with Gasteiger partial charge in [-0.1, -0.05) is 6.92 Å². The number of carbonyl (C=O) groups is 2. The van der Waals surface area contributed by atoms with Gasteiger partial charge in [0.1, 0.15) is 0 Å². The van der Waals surface area contributed by atoms with Gasteiger partial charge in [0.15, 0.2) is 0 Å². The van der Waals surface area contributed by atoms with Gasteiger partial charge in [-0.05, 0) is 18.4 Å². The third-order valence-electron chi connectivity index (χ3n) is 2.69. The van der Waals surface area contributed by atoms with Crippen LogP contribution in [0.3, 0.4) is 0 Å². The van der Waals surface area contributed by atoms with E-state index >= 15 is 0 Å². The number of amides is 2. The van der Waals surface area contributed by atoms with Crippen LogP contribution in [0.5, 0.6) is 0 Å². The average Bonchev–Trinajstić information content (AvgIpc) is 2.76. The van der Waals surface area contributed by atoms with Crippen LogP contribution < -0.4 is 5.32 Å². The normalized spacial score (nSPS) is 20.2. The summed E-state index contributed by atoms with van der Waals surface area (Å²) in [7, 11) is 0. The van der Waals surface area contributed by atoms with E-state index in [2.05, 4.69) is 17.3 Å². The van der Waals surface area contributed by atoms with Crippen molar-refractivity contribution in [2.45, 2.75) is 32.7 Å². The summed E-state index contributed by atoms with van der Waals surface area (Å²) in [5, 5.41) is 6.51. The van der Waals surface area contributed by atoms with E-state index < -0.39 is 0 Å². The number of carbonyl (C=O) groups excluding carboxylic acids is 2. The molecule has 2 rings (SSSR count). The van der Waals surface area contributed by atoms with E-state index in [-0.39, 0.29) is 17.7 Å². The molecule has 16 heavy (non-hydrogen) atoms. The van der Waals surface area contributed by atoms with Crippen LogP contribution in [0.2, 0.25) is 0 Å². The summed E-state index contributed by atoms with van der Waals surface area (Å²) in [6, 6.07) is 0. The van der Waals surface area contributed by atoms with Gasteiger partial charge in [0.25, 0.3) is 0 Å². The molecule has 0 aromatic carbocycles. The summed E-state index contributed by atoms with van der Waals surface area (Å²) >= 11 is 0. The van der Waals surface area contributed by atoms with Crippen molar-refractivity contribution in [1.29, 1.82) is 0 Å². The number of aryl methyl sites for hydroxylation is 1. The number of rotatable bonds is 4. The maximum Gasteiger partial charge on any atom is 0.230 e. The predicted octanol–water partition coefficient (Wildman–Crippen LogP) is 0.498. The Morgan fingerprint density at radius 1 is 1.56 bits per heavy atom. The molecule has 2 heterocycles. The molecule has 1 saturated heterocycles. The molecule has 5 nitrogen and oxygen atoms in total. The highest BCUT2D eigenvalue weighted by molar-refractivity contribution is 6.03. The summed E-state index contributed by atoms with van der Waals surface area (Å²) in [4.78, 5) is 22.4. The van der Waals surface area contributed by atoms with Crippen LogP contribution in [0, 0.1) is 5.92 Å². The van der Waals surface area contributed by atoms with E-state index in [9.17, 15) is 9.59 Å². The molecule has 0 aliphatic carbocycles. The third-order valence-corrected chi connectivity index (χ3v) is 2.69. The van der Waals surface area contributed by atoms with E-state index in [0.29, 0.717) is 12.8 Å². The number of hydrogen-bond donors (Lipinski definition) is 1. The molecule has 2 amide bonds. The Kier molecular flexibility index (Phi) is 3.03. The van der Waals surface area contributed by atoms with Gasteiger partial charge in [0, 0.05) is 19.2 Å². The Hall–Kier alpha value is -1.65. The van der Waals surface area contributed by atoms with Gasteiger partial charge >= 0.3 is 0 Å². The van der Waals surface area contributed by atoms with Gasteiger partial charge in [-0.3, -0.25) is 19.6 Å². The third kappa shape index (κ3) is 2.29. The molecule has 1 atom stereocenters. The quantitative estimate of drug-likeness (QED) is 0.753. The van der Waals surface area contributed by atoms with Crippen molar-refractivity contribution in [3.63, 3.8) is 0 Å². The molecule has 0 radical (unpaired) electrons. The van der Waals surface area contributed by atoms with Crippen LogP contribution >= 0.6 is 0 Å². The fourth-order valence-corrected chi connectivity index (χ4v) is 1.92. The SMILES string of the molecule is CCCn1cc(CC2CC(=O)NC2=O)cn1. The second-order valence-electron chi connectivity index (χ2n) is 4.13. The van der Waals surface area contributed by atoms with Crippen molar-refractivity contribution < 1.29 is 9.59 Å². The highest BCUT2D eigenvalue weighted by Crippen LogP contribution is 2.16. The minimum Gasteiger partial charge on any atom is -0.296 e. The zero-order chi connectivity index (χ0) is 11.5. The molecule has 1 unspecified atom stereocenters. The maximum absolute atomic E-state index is 11.4. The largest absolute Gasteiger partial charge is 0.296 e. The smallest absolute Gasteiger partial charge is 0.230 e. The van der Waals surface area contributed by atoms with E-state index in [1.807, 2.05) is 10.9 Å². The monoisotopic (exact) mass is 221 g/mol. The van der Waals surface area contributed by atoms with Crippen molar-refractivity contribution in [1.82, 2.24) is 15.1 Å². The lowest BCUT2D eigenvalue weighted by molar-refractivity contribution is -0.125. The minimum atomic E-state index is -0.216. The number of nitrogens with one attached hydrogen (secondary N) is 1. The van der Waals surface area contributed by atoms with E-state index in [0.717, 1.165) is 18.5 Å². The summed E-state index contributed by atoms with van der Waals surface area (Å²) < 4.78 is 1.87. The summed E-state index contributed by atoms with van der Waals surface area (Å²) in [6.07, 6.45) is 5.65. The Labute approximate surface area is 93.8 Å². The zero-order valence-corrected chi connectivity index (χ0v) is 9.27. The van der Waals surface area contributed by atoms with E-state index in [4.69, 9.17) is 0 Å². The van der Waals surface area contributed by atoms with Crippen LogP contribution in [0.1, 0.15) is 25.3 Å². The fraction of sp³-hybridized carbons (Fsp3) is 0.545. The van der Waals surface area contributed by atoms with Crippen LogP contribution in [0.4, 0.5) is 0 Å². The Morgan fingerprint density at radius 2 is 2.38 bits per heavy atom. The summed E-state index contributed by atoms with van der Waals surface area (Å²) in [6.45, 7) is 2.97. The van der Waals surface area contributed by atoms with Gasteiger partial charge in [-0.2, -0.15) is 5.10 Å². The second-order valence-corrected chi connectivity index (χ2v) is 4.13. The van der Waals surface area contributed by atoms with Crippen molar-refractivity contribution in [3.05, 3.63) is 18.0 Å².